The van der Waals surface area contributed by atoms with Gasteiger partial charge in [-0.2, -0.15) is 0 Å². The zero-order valence-electron chi connectivity index (χ0n) is 10.8. The smallest absolute Gasteiger partial charge is 0.224 e. The number of alkyl halides is 1. The van der Waals surface area contributed by atoms with Gasteiger partial charge in [-0.25, -0.2) is 12.7 Å². The molecule has 0 aromatic heterocycles. The Morgan fingerprint density at radius 3 is 2.56 bits per heavy atom. The molecule has 0 saturated carbocycles. The van der Waals surface area contributed by atoms with Crippen LogP contribution in [0, 0.1) is 0 Å². The Morgan fingerprint density at radius 2 is 2.00 bits per heavy atom. The average Bonchev–Trinajstić information content (AvgIpc) is 2.38. The van der Waals surface area contributed by atoms with Crippen molar-refractivity contribution >= 4 is 26.0 Å². The van der Waals surface area contributed by atoms with Crippen molar-refractivity contribution in [1.82, 2.24) is 4.31 Å². The van der Waals surface area contributed by atoms with Crippen molar-refractivity contribution < 1.29 is 13.2 Å². The number of para-hydroxylation sites is 1. The molecule has 0 bridgehead atoms. The molecular weight excluding hydrogens is 318 g/mol. The summed E-state index contributed by atoms with van der Waals surface area (Å²) in [5.41, 5.74) is 1.00. The van der Waals surface area contributed by atoms with Crippen LogP contribution in [0.2, 0.25) is 0 Å². The summed E-state index contributed by atoms with van der Waals surface area (Å²) in [6.45, 7) is 1.88. The lowest BCUT2D eigenvalue weighted by Gasteiger charge is -2.24. The largest absolute Gasteiger partial charge is 0.496 e. The summed E-state index contributed by atoms with van der Waals surface area (Å²) in [6, 6.07) is 7.52. The van der Waals surface area contributed by atoms with Crippen molar-refractivity contribution in [3.8, 4) is 5.75 Å². The standard InChI is InChI=1S/C12H18BrNO3S/c1-10(14(2)18(15,16)9-13)8-11-6-4-5-7-12(11)17-3/h4-7,10H,8-9H2,1-3H3. The summed E-state index contributed by atoms with van der Waals surface area (Å²) in [6.07, 6.45) is 0.618. The van der Waals surface area contributed by atoms with E-state index in [1.54, 1.807) is 14.2 Å². The van der Waals surface area contributed by atoms with E-state index in [1.165, 1.54) is 4.31 Å². The van der Waals surface area contributed by atoms with Crippen LogP contribution in [0.15, 0.2) is 24.3 Å². The van der Waals surface area contributed by atoms with Gasteiger partial charge in [-0.15, -0.1) is 0 Å². The number of benzene rings is 1. The zero-order valence-corrected chi connectivity index (χ0v) is 13.2. The molecule has 1 rings (SSSR count). The molecule has 1 aromatic rings. The number of likely N-dealkylation sites (N-methyl/N-ethyl adjacent to an activating group) is 1. The number of hydrogen-bond donors (Lipinski definition) is 0. The molecule has 0 amide bonds. The van der Waals surface area contributed by atoms with Crippen molar-refractivity contribution in [2.45, 2.75) is 19.4 Å². The van der Waals surface area contributed by atoms with Crippen LogP contribution in [0.25, 0.3) is 0 Å². The van der Waals surface area contributed by atoms with E-state index in [4.69, 9.17) is 4.74 Å². The first kappa shape index (κ1) is 15.5. The van der Waals surface area contributed by atoms with Gasteiger partial charge in [0, 0.05) is 13.1 Å². The summed E-state index contributed by atoms with van der Waals surface area (Å²) in [5, 5.41) is 0. The van der Waals surface area contributed by atoms with Gasteiger partial charge in [0.2, 0.25) is 10.0 Å². The summed E-state index contributed by atoms with van der Waals surface area (Å²) in [7, 11) is -0.0205. The molecule has 102 valence electrons. The van der Waals surface area contributed by atoms with Crippen molar-refractivity contribution in [2.24, 2.45) is 0 Å². The minimum atomic E-state index is -3.23. The minimum absolute atomic E-state index is 0.0627. The molecule has 1 atom stereocenters. The lowest BCUT2D eigenvalue weighted by molar-refractivity contribution is 0.375. The summed E-state index contributed by atoms with van der Waals surface area (Å²) >= 11 is 3.00. The fourth-order valence-electron chi connectivity index (χ4n) is 1.67. The molecule has 18 heavy (non-hydrogen) atoms. The van der Waals surface area contributed by atoms with E-state index in [2.05, 4.69) is 15.9 Å². The third-order valence-electron chi connectivity index (χ3n) is 2.91. The van der Waals surface area contributed by atoms with E-state index in [0.717, 1.165) is 11.3 Å². The van der Waals surface area contributed by atoms with Crippen LogP contribution in [-0.4, -0.2) is 37.6 Å². The maximum Gasteiger partial charge on any atom is 0.224 e. The molecule has 4 nitrogen and oxygen atoms in total. The van der Waals surface area contributed by atoms with Gasteiger partial charge in [0.1, 0.15) is 10.4 Å². The molecule has 0 N–H and O–H groups in total. The first-order chi connectivity index (χ1) is 8.42. The van der Waals surface area contributed by atoms with Gasteiger partial charge in [0.25, 0.3) is 0 Å². The Hall–Kier alpha value is -0.590. The monoisotopic (exact) mass is 335 g/mol. The third-order valence-corrected chi connectivity index (χ3v) is 6.15. The number of ether oxygens (including phenoxy) is 1. The van der Waals surface area contributed by atoms with Crippen LogP contribution in [0.5, 0.6) is 5.75 Å². The molecule has 0 radical (unpaired) electrons. The number of hydrogen-bond acceptors (Lipinski definition) is 3. The van der Waals surface area contributed by atoms with Crippen LogP contribution in [0.3, 0.4) is 0 Å². The molecule has 0 saturated heterocycles. The van der Waals surface area contributed by atoms with E-state index in [-0.39, 0.29) is 10.7 Å². The van der Waals surface area contributed by atoms with E-state index in [0.29, 0.717) is 6.42 Å². The molecule has 6 heteroatoms. The van der Waals surface area contributed by atoms with Gasteiger partial charge in [-0.1, -0.05) is 34.1 Å². The van der Waals surface area contributed by atoms with Gasteiger partial charge in [0.05, 0.1) is 7.11 Å². The van der Waals surface area contributed by atoms with Crippen LogP contribution < -0.4 is 4.74 Å². The Bertz CT molecular complexity index is 490. The average molecular weight is 336 g/mol. The maximum absolute atomic E-state index is 11.7. The molecule has 0 aliphatic carbocycles. The Balaban J connectivity index is 2.85. The van der Waals surface area contributed by atoms with Crippen LogP contribution in [0.4, 0.5) is 0 Å². The van der Waals surface area contributed by atoms with Gasteiger partial charge in [-0.3, -0.25) is 0 Å². The molecule has 0 fully saturated rings. The van der Waals surface area contributed by atoms with Gasteiger partial charge in [-0.05, 0) is 25.0 Å². The lowest BCUT2D eigenvalue weighted by Crippen LogP contribution is -2.36. The lowest BCUT2D eigenvalue weighted by atomic mass is 10.1. The minimum Gasteiger partial charge on any atom is -0.496 e. The van der Waals surface area contributed by atoms with E-state index in [1.807, 2.05) is 31.2 Å². The molecule has 0 aliphatic rings. The quantitative estimate of drug-likeness (QED) is 0.749. The van der Waals surface area contributed by atoms with Crippen molar-refractivity contribution in [1.29, 1.82) is 0 Å². The normalized spacial score (nSPS) is 13.6. The summed E-state index contributed by atoms with van der Waals surface area (Å²) in [4.78, 5) is 0. The SMILES string of the molecule is COc1ccccc1CC(C)N(C)S(=O)(=O)CBr. The third kappa shape index (κ3) is 3.70. The fraction of sp³-hybridized carbons (Fsp3) is 0.500. The highest BCUT2D eigenvalue weighted by molar-refractivity contribution is 9.10. The number of nitrogens with zero attached hydrogens (tertiary/aromatic N) is 1. The highest BCUT2D eigenvalue weighted by atomic mass is 79.9. The maximum atomic E-state index is 11.7. The first-order valence-corrected chi connectivity index (χ1v) is 8.29. The second-order valence-corrected chi connectivity index (χ2v) is 7.43. The second kappa shape index (κ2) is 6.54. The number of sulfonamides is 1. The summed E-state index contributed by atoms with van der Waals surface area (Å²) < 4.78 is 30.0. The highest BCUT2D eigenvalue weighted by Gasteiger charge is 2.22. The highest BCUT2D eigenvalue weighted by Crippen LogP contribution is 2.21. The van der Waals surface area contributed by atoms with Crippen LogP contribution >= 0.6 is 15.9 Å². The summed E-state index contributed by atoms with van der Waals surface area (Å²) in [5.74, 6) is 0.786. The zero-order chi connectivity index (χ0) is 13.8. The van der Waals surface area contributed by atoms with E-state index < -0.39 is 10.0 Å². The topological polar surface area (TPSA) is 46.6 Å². The van der Waals surface area contributed by atoms with Gasteiger partial charge < -0.3 is 4.74 Å². The van der Waals surface area contributed by atoms with Crippen molar-refractivity contribution in [2.75, 3.05) is 18.8 Å². The predicted molar refractivity (Wildman–Crippen MR) is 76.6 cm³/mol. The Morgan fingerprint density at radius 1 is 1.39 bits per heavy atom. The van der Waals surface area contributed by atoms with Crippen LogP contribution in [-0.2, 0) is 16.4 Å². The Kier molecular flexibility index (Phi) is 5.62. The van der Waals surface area contributed by atoms with Crippen LogP contribution in [0.1, 0.15) is 12.5 Å². The Labute approximate surface area is 117 Å². The first-order valence-electron chi connectivity index (χ1n) is 5.56. The number of halogens is 1. The van der Waals surface area contributed by atoms with Gasteiger partial charge in [0.15, 0.2) is 0 Å². The number of methoxy groups -OCH3 is 1. The number of rotatable bonds is 6. The van der Waals surface area contributed by atoms with E-state index >= 15 is 0 Å². The van der Waals surface area contributed by atoms with Crippen molar-refractivity contribution in [3.05, 3.63) is 29.8 Å². The molecular formula is C12H18BrNO3S. The molecule has 1 aromatic carbocycles. The molecule has 0 aliphatic heterocycles. The predicted octanol–water partition coefficient (Wildman–Crippen LogP) is 2.24. The van der Waals surface area contributed by atoms with Crippen molar-refractivity contribution in [3.63, 3.8) is 0 Å². The molecule has 0 spiro atoms. The van der Waals surface area contributed by atoms with E-state index in [9.17, 15) is 8.42 Å². The molecule has 1 unspecified atom stereocenters. The molecule has 0 heterocycles. The van der Waals surface area contributed by atoms with Gasteiger partial charge >= 0.3 is 0 Å². The second-order valence-electron chi connectivity index (χ2n) is 4.10. The fourth-order valence-corrected chi connectivity index (χ4v) is 3.42.